The Kier molecular flexibility index (Phi) is 6.85. The highest BCUT2D eigenvalue weighted by molar-refractivity contribution is 9.10. The summed E-state index contributed by atoms with van der Waals surface area (Å²) in [6, 6.07) is 0. The zero-order valence-corrected chi connectivity index (χ0v) is 14.2. The summed E-state index contributed by atoms with van der Waals surface area (Å²) in [5, 5.41) is 4.40. The molecule has 18 heavy (non-hydrogen) atoms. The third kappa shape index (κ3) is 4.53. The van der Waals surface area contributed by atoms with Crippen LogP contribution in [-0.2, 0) is 13.6 Å². The molecule has 1 heterocycles. The third-order valence-corrected chi connectivity index (χ3v) is 3.96. The number of aromatic nitrogens is 2. The van der Waals surface area contributed by atoms with Gasteiger partial charge in [-0.15, -0.1) is 12.4 Å². The molecule has 0 radical (unpaired) electrons. The first kappa shape index (κ1) is 17.9. The van der Waals surface area contributed by atoms with Crippen molar-refractivity contribution in [2.75, 3.05) is 20.1 Å². The fourth-order valence-electron chi connectivity index (χ4n) is 1.96. The summed E-state index contributed by atoms with van der Waals surface area (Å²) in [5.41, 5.74) is 8.15. The fourth-order valence-corrected chi connectivity index (χ4v) is 2.42. The van der Waals surface area contributed by atoms with Crippen LogP contribution < -0.4 is 5.73 Å². The minimum absolute atomic E-state index is 0. The maximum Gasteiger partial charge on any atom is 0.0739 e. The van der Waals surface area contributed by atoms with Crippen LogP contribution in [0.3, 0.4) is 0 Å². The van der Waals surface area contributed by atoms with Gasteiger partial charge in [-0.1, -0.05) is 13.8 Å². The molecule has 0 aliphatic carbocycles. The van der Waals surface area contributed by atoms with Gasteiger partial charge in [0.25, 0.3) is 0 Å². The van der Waals surface area contributed by atoms with Gasteiger partial charge in [0.2, 0.25) is 0 Å². The molecule has 2 N–H and O–H groups in total. The van der Waals surface area contributed by atoms with E-state index in [0.717, 1.165) is 23.3 Å². The predicted molar refractivity (Wildman–Crippen MR) is 82.1 cm³/mol. The normalized spacial score (nSPS) is 11.8. The molecule has 0 aliphatic rings. The molecule has 0 fully saturated rings. The lowest BCUT2D eigenvalue weighted by Gasteiger charge is -2.29. The Morgan fingerprint density at radius 3 is 2.39 bits per heavy atom. The average Bonchev–Trinajstić information content (AvgIpc) is 2.44. The molecule has 1 aromatic heterocycles. The number of hydrogen-bond donors (Lipinski definition) is 1. The Labute approximate surface area is 124 Å². The van der Waals surface area contributed by atoms with E-state index in [1.54, 1.807) is 0 Å². The molecule has 0 aromatic carbocycles. The van der Waals surface area contributed by atoms with Crippen LogP contribution in [0.25, 0.3) is 0 Å². The minimum Gasteiger partial charge on any atom is -0.330 e. The summed E-state index contributed by atoms with van der Waals surface area (Å²) in [5.74, 6) is 0. The second-order valence-corrected chi connectivity index (χ2v) is 6.30. The van der Waals surface area contributed by atoms with Gasteiger partial charge >= 0.3 is 0 Å². The van der Waals surface area contributed by atoms with E-state index in [1.807, 2.05) is 18.7 Å². The van der Waals surface area contributed by atoms with Gasteiger partial charge in [0, 0.05) is 20.1 Å². The van der Waals surface area contributed by atoms with Crippen molar-refractivity contribution in [2.24, 2.45) is 18.2 Å². The molecule has 0 bridgehead atoms. The third-order valence-electron chi connectivity index (χ3n) is 2.93. The van der Waals surface area contributed by atoms with Crippen molar-refractivity contribution in [3.8, 4) is 0 Å². The van der Waals surface area contributed by atoms with E-state index in [0.29, 0.717) is 6.54 Å². The average molecular weight is 340 g/mol. The van der Waals surface area contributed by atoms with Crippen molar-refractivity contribution in [3.05, 3.63) is 15.9 Å². The van der Waals surface area contributed by atoms with Crippen LogP contribution in [0.1, 0.15) is 25.2 Å². The highest BCUT2D eigenvalue weighted by Crippen LogP contribution is 2.22. The smallest absolute Gasteiger partial charge is 0.0739 e. The number of hydrogen-bond acceptors (Lipinski definition) is 3. The molecule has 106 valence electrons. The predicted octanol–water partition coefficient (Wildman–Crippen LogP) is 2.33. The Hall–Kier alpha value is -0.100. The van der Waals surface area contributed by atoms with E-state index in [-0.39, 0.29) is 17.8 Å². The summed E-state index contributed by atoms with van der Waals surface area (Å²) >= 11 is 3.59. The van der Waals surface area contributed by atoms with Gasteiger partial charge in [0.1, 0.15) is 0 Å². The van der Waals surface area contributed by atoms with Crippen LogP contribution >= 0.6 is 28.3 Å². The van der Waals surface area contributed by atoms with Gasteiger partial charge in [0.05, 0.1) is 15.9 Å². The Morgan fingerprint density at radius 1 is 1.44 bits per heavy atom. The monoisotopic (exact) mass is 338 g/mol. The van der Waals surface area contributed by atoms with E-state index in [2.05, 4.69) is 46.8 Å². The van der Waals surface area contributed by atoms with Gasteiger partial charge in [-0.2, -0.15) is 5.10 Å². The van der Waals surface area contributed by atoms with Gasteiger partial charge in [-0.25, -0.2) is 0 Å². The first-order valence-electron chi connectivity index (χ1n) is 5.83. The maximum absolute atomic E-state index is 5.76. The molecule has 4 nitrogen and oxygen atoms in total. The molecule has 1 rings (SSSR count). The van der Waals surface area contributed by atoms with Crippen LogP contribution in [0, 0.1) is 12.3 Å². The van der Waals surface area contributed by atoms with Crippen LogP contribution in [-0.4, -0.2) is 34.8 Å². The Morgan fingerprint density at radius 2 is 2.00 bits per heavy atom. The SMILES string of the molecule is Cc1nn(C)c(CN(C)CC(C)(C)CN)c1Br.Cl. The number of nitrogens with zero attached hydrogens (tertiary/aromatic N) is 3. The number of aryl methyl sites for hydroxylation is 2. The molecule has 0 saturated heterocycles. The molecule has 0 atom stereocenters. The lowest BCUT2D eigenvalue weighted by molar-refractivity contribution is 0.206. The first-order valence-corrected chi connectivity index (χ1v) is 6.62. The lowest BCUT2D eigenvalue weighted by Crippen LogP contribution is -2.36. The summed E-state index contributed by atoms with van der Waals surface area (Å²) < 4.78 is 3.04. The summed E-state index contributed by atoms with van der Waals surface area (Å²) in [7, 11) is 4.10. The second kappa shape index (κ2) is 6.89. The molecule has 1 aromatic rings. The largest absolute Gasteiger partial charge is 0.330 e. The maximum atomic E-state index is 5.76. The fraction of sp³-hybridized carbons (Fsp3) is 0.750. The molecule has 0 spiro atoms. The number of rotatable bonds is 5. The van der Waals surface area contributed by atoms with Gasteiger partial charge in [-0.3, -0.25) is 9.58 Å². The van der Waals surface area contributed by atoms with E-state index in [4.69, 9.17) is 5.73 Å². The zero-order chi connectivity index (χ0) is 13.2. The van der Waals surface area contributed by atoms with E-state index < -0.39 is 0 Å². The molecule has 0 amide bonds. The lowest BCUT2D eigenvalue weighted by atomic mass is 9.93. The summed E-state index contributed by atoms with van der Waals surface area (Å²) in [4.78, 5) is 2.29. The van der Waals surface area contributed by atoms with Crippen LogP contribution in [0.4, 0.5) is 0 Å². The topological polar surface area (TPSA) is 47.1 Å². The number of nitrogens with two attached hydrogens (primary N) is 1. The quantitative estimate of drug-likeness (QED) is 0.895. The minimum atomic E-state index is 0. The van der Waals surface area contributed by atoms with Crippen LogP contribution in [0.5, 0.6) is 0 Å². The van der Waals surface area contributed by atoms with Crippen molar-refractivity contribution in [2.45, 2.75) is 27.3 Å². The molecule has 6 heteroatoms. The zero-order valence-electron chi connectivity index (χ0n) is 11.8. The van der Waals surface area contributed by atoms with Crippen molar-refractivity contribution >= 4 is 28.3 Å². The molecule has 0 aliphatic heterocycles. The molecular weight excluding hydrogens is 316 g/mol. The van der Waals surface area contributed by atoms with E-state index >= 15 is 0 Å². The van der Waals surface area contributed by atoms with Crippen molar-refractivity contribution in [3.63, 3.8) is 0 Å². The van der Waals surface area contributed by atoms with Crippen LogP contribution in [0.15, 0.2) is 4.47 Å². The van der Waals surface area contributed by atoms with E-state index in [9.17, 15) is 0 Å². The molecule has 0 saturated carbocycles. The standard InChI is InChI=1S/C12H23BrN4.ClH/c1-9-11(13)10(17(5)15-9)6-16(4)8-12(2,3)7-14;/h6-8,14H2,1-5H3;1H. The van der Waals surface area contributed by atoms with Crippen molar-refractivity contribution in [1.82, 2.24) is 14.7 Å². The molecular formula is C12H24BrClN4. The summed E-state index contributed by atoms with van der Waals surface area (Å²) in [6.07, 6.45) is 0. The van der Waals surface area contributed by atoms with Crippen LogP contribution in [0.2, 0.25) is 0 Å². The van der Waals surface area contributed by atoms with Crippen molar-refractivity contribution < 1.29 is 0 Å². The Balaban J connectivity index is 0.00000289. The Bertz CT molecular complexity index is 390. The van der Waals surface area contributed by atoms with E-state index in [1.165, 1.54) is 5.69 Å². The second-order valence-electron chi connectivity index (χ2n) is 5.51. The first-order chi connectivity index (χ1) is 7.76. The highest BCUT2D eigenvalue weighted by atomic mass is 79.9. The number of halogens is 2. The molecule has 0 unspecified atom stereocenters. The van der Waals surface area contributed by atoms with Crippen molar-refractivity contribution in [1.29, 1.82) is 0 Å². The van der Waals surface area contributed by atoms with Gasteiger partial charge in [0.15, 0.2) is 0 Å². The highest BCUT2D eigenvalue weighted by Gasteiger charge is 2.20. The summed E-state index contributed by atoms with van der Waals surface area (Å²) in [6.45, 7) is 8.93. The van der Waals surface area contributed by atoms with Gasteiger partial charge < -0.3 is 5.73 Å². The van der Waals surface area contributed by atoms with Gasteiger partial charge in [-0.05, 0) is 41.9 Å².